The molecule has 0 aliphatic heterocycles. The van der Waals surface area contributed by atoms with Gasteiger partial charge in [-0.15, -0.1) is 0 Å². The number of anilines is 1. The Kier molecular flexibility index (Phi) is 4.23. The molecule has 2 nitrogen and oxygen atoms in total. The SMILES string of the molecule is OCc1ccc(NC2CCCCCC2)cc1. The van der Waals surface area contributed by atoms with E-state index in [0.29, 0.717) is 6.04 Å². The number of hydrogen-bond donors (Lipinski definition) is 2. The van der Waals surface area contributed by atoms with E-state index in [-0.39, 0.29) is 6.61 Å². The lowest BCUT2D eigenvalue weighted by Gasteiger charge is -2.17. The average Bonchev–Trinajstić information content (AvgIpc) is 2.59. The fraction of sp³-hybridized carbons (Fsp3) is 0.571. The summed E-state index contributed by atoms with van der Waals surface area (Å²) in [6.45, 7) is 0.129. The average molecular weight is 219 g/mol. The topological polar surface area (TPSA) is 32.3 Å². The van der Waals surface area contributed by atoms with Gasteiger partial charge in [0.2, 0.25) is 0 Å². The highest BCUT2D eigenvalue weighted by Crippen LogP contribution is 2.21. The predicted octanol–water partition coefficient (Wildman–Crippen LogP) is 3.31. The molecule has 0 aromatic heterocycles. The molecule has 0 atom stereocenters. The van der Waals surface area contributed by atoms with Crippen LogP contribution in [0.2, 0.25) is 0 Å². The van der Waals surface area contributed by atoms with Crippen LogP contribution in [0.25, 0.3) is 0 Å². The van der Waals surface area contributed by atoms with Crippen molar-refractivity contribution in [2.75, 3.05) is 5.32 Å². The van der Waals surface area contributed by atoms with Crippen molar-refractivity contribution >= 4 is 5.69 Å². The number of aliphatic hydroxyl groups excluding tert-OH is 1. The third kappa shape index (κ3) is 3.24. The monoisotopic (exact) mass is 219 g/mol. The standard InChI is InChI=1S/C14H21NO/c16-11-12-7-9-14(10-8-12)15-13-5-3-1-2-4-6-13/h7-10,13,15-16H,1-6,11H2. The highest BCUT2D eigenvalue weighted by Gasteiger charge is 2.11. The lowest BCUT2D eigenvalue weighted by molar-refractivity contribution is 0.282. The highest BCUT2D eigenvalue weighted by molar-refractivity contribution is 5.45. The number of hydrogen-bond acceptors (Lipinski definition) is 2. The van der Waals surface area contributed by atoms with Gasteiger partial charge in [0.15, 0.2) is 0 Å². The summed E-state index contributed by atoms with van der Waals surface area (Å²) in [6.07, 6.45) is 8.07. The summed E-state index contributed by atoms with van der Waals surface area (Å²) in [7, 11) is 0. The molecule has 1 fully saturated rings. The van der Waals surface area contributed by atoms with Crippen LogP contribution in [0.5, 0.6) is 0 Å². The molecule has 16 heavy (non-hydrogen) atoms. The Morgan fingerprint density at radius 2 is 1.62 bits per heavy atom. The van der Waals surface area contributed by atoms with Crippen LogP contribution in [0.3, 0.4) is 0 Å². The zero-order valence-corrected chi connectivity index (χ0v) is 9.78. The molecule has 0 heterocycles. The molecule has 0 spiro atoms. The lowest BCUT2D eigenvalue weighted by Crippen LogP contribution is -2.18. The first-order valence-corrected chi connectivity index (χ1v) is 6.35. The molecular formula is C14H21NO. The third-order valence-electron chi connectivity index (χ3n) is 3.36. The van der Waals surface area contributed by atoms with Crippen molar-refractivity contribution in [2.24, 2.45) is 0 Å². The summed E-state index contributed by atoms with van der Waals surface area (Å²) < 4.78 is 0. The van der Waals surface area contributed by atoms with Gasteiger partial charge >= 0.3 is 0 Å². The first-order chi connectivity index (χ1) is 7.88. The molecular weight excluding hydrogens is 198 g/mol. The van der Waals surface area contributed by atoms with Gasteiger partial charge in [0.05, 0.1) is 6.61 Å². The molecule has 1 aromatic carbocycles. The van der Waals surface area contributed by atoms with Crippen molar-refractivity contribution in [1.29, 1.82) is 0 Å². The minimum atomic E-state index is 0.129. The lowest BCUT2D eigenvalue weighted by atomic mass is 10.1. The Morgan fingerprint density at radius 1 is 1.00 bits per heavy atom. The van der Waals surface area contributed by atoms with Crippen molar-refractivity contribution < 1.29 is 5.11 Å². The zero-order chi connectivity index (χ0) is 11.2. The molecule has 2 heteroatoms. The number of aliphatic hydroxyl groups is 1. The van der Waals surface area contributed by atoms with Crippen LogP contribution in [0.15, 0.2) is 24.3 Å². The maximum absolute atomic E-state index is 8.97. The van der Waals surface area contributed by atoms with Gasteiger partial charge in [0, 0.05) is 11.7 Å². The van der Waals surface area contributed by atoms with Crippen molar-refractivity contribution in [1.82, 2.24) is 0 Å². The van der Waals surface area contributed by atoms with Gasteiger partial charge < -0.3 is 10.4 Å². The molecule has 0 saturated heterocycles. The maximum Gasteiger partial charge on any atom is 0.0681 e. The molecule has 1 aromatic rings. The van der Waals surface area contributed by atoms with E-state index in [4.69, 9.17) is 5.11 Å². The molecule has 1 aliphatic carbocycles. The molecule has 0 radical (unpaired) electrons. The third-order valence-corrected chi connectivity index (χ3v) is 3.36. The number of nitrogens with one attached hydrogen (secondary N) is 1. The number of benzene rings is 1. The maximum atomic E-state index is 8.97. The minimum Gasteiger partial charge on any atom is -0.392 e. The quantitative estimate of drug-likeness (QED) is 0.764. The van der Waals surface area contributed by atoms with Crippen LogP contribution < -0.4 is 5.32 Å². The number of rotatable bonds is 3. The Bertz CT molecular complexity index is 299. The second-order valence-corrected chi connectivity index (χ2v) is 4.69. The van der Waals surface area contributed by atoms with E-state index in [1.807, 2.05) is 12.1 Å². The van der Waals surface area contributed by atoms with E-state index in [1.54, 1.807) is 0 Å². The second kappa shape index (κ2) is 5.90. The first-order valence-electron chi connectivity index (χ1n) is 6.35. The highest BCUT2D eigenvalue weighted by atomic mass is 16.3. The summed E-state index contributed by atoms with van der Waals surface area (Å²) in [4.78, 5) is 0. The smallest absolute Gasteiger partial charge is 0.0681 e. The van der Waals surface area contributed by atoms with Crippen LogP contribution >= 0.6 is 0 Å². The summed E-state index contributed by atoms with van der Waals surface area (Å²) in [5.74, 6) is 0. The van der Waals surface area contributed by atoms with Crippen LogP contribution in [0, 0.1) is 0 Å². The van der Waals surface area contributed by atoms with E-state index >= 15 is 0 Å². The molecule has 0 bridgehead atoms. The molecule has 0 unspecified atom stereocenters. The van der Waals surface area contributed by atoms with Gasteiger partial charge in [0.1, 0.15) is 0 Å². The minimum absolute atomic E-state index is 0.129. The molecule has 1 aliphatic rings. The molecule has 2 N–H and O–H groups in total. The largest absolute Gasteiger partial charge is 0.392 e. The Labute approximate surface area is 97.7 Å². The fourth-order valence-corrected chi connectivity index (χ4v) is 2.37. The Balaban J connectivity index is 1.91. The van der Waals surface area contributed by atoms with E-state index < -0.39 is 0 Å². The van der Waals surface area contributed by atoms with Crippen molar-refractivity contribution in [3.05, 3.63) is 29.8 Å². The molecule has 88 valence electrons. The summed E-state index contributed by atoms with van der Waals surface area (Å²) in [5.41, 5.74) is 2.16. The zero-order valence-electron chi connectivity index (χ0n) is 9.78. The van der Waals surface area contributed by atoms with Gasteiger partial charge in [-0.2, -0.15) is 0 Å². The Hall–Kier alpha value is -1.02. The van der Waals surface area contributed by atoms with E-state index in [2.05, 4.69) is 17.4 Å². The fourth-order valence-electron chi connectivity index (χ4n) is 2.37. The van der Waals surface area contributed by atoms with Gasteiger partial charge in [-0.1, -0.05) is 37.8 Å². The summed E-state index contributed by atoms with van der Waals surface area (Å²) >= 11 is 0. The molecule has 1 saturated carbocycles. The van der Waals surface area contributed by atoms with Crippen LogP contribution in [-0.4, -0.2) is 11.1 Å². The van der Waals surface area contributed by atoms with Crippen LogP contribution in [0.1, 0.15) is 44.1 Å². The predicted molar refractivity (Wildman–Crippen MR) is 67.5 cm³/mol. The second-order valence-electron chi connectivity index (χ2n) is 4.69. The van der Waals surface area contributed by atoms with Crippen molar-refractivity contribution in [3.63, 3.8) is 0 Å². The van der Waals surface area contributed by atoms with Gasteiger partial charge in [0.25, 0.3) is 0 Å². The van der Waals surface area contributed by atoms with Crippen molar-refractivity contribution in [3.8, 4) is 0 Å². The Morgan fingerprint density at radius 3 is 2.19 bits per heavy atom. The van der Waals surface area contributed by atoms with Gasteiger partial charge in [-0.3, -0.25) is 0 Å². The van der Waals surface area contributed by atoms with Crippen LogP contribution in [0.4, 0.5) is 5.69 Å². The first kappa shape index (κ1) is 11.5. The van der Waals surface area contributed by atoms with Gasteiger partial charge in [-0.05, 0) is 30.5 Å². The van der Waals surface area contributed by atoms with Crippen molar-refractivity contribution in [2.45, 2.75) is 51.2 Å². The van der Waals surface area contributed by atoms with E-state index in [1.165, 1.54) is 44.2 Å². The summed E-state index contributed by atoms with van der Waals surface area (Å²) in [6, 6.07) is 8.74. The van der Waals surface area contributed by atoms with Gasteiger partial charge in [-0.25, -0.2) is 0 Å². The summed E-state index contributed by atoms with van der Waals surface area (Å²) in [5, 5.41) is 12.6. The molecule has 0 amide bonds. The van der Waals surface area contributed by atoms with E-state index in [9.17, 15) is 0 Å². The normalized spacial score (nSPS) is 18.1. The molecule has 2 rings (SSSR count). The van der Waals surface area contributed by atoms with E-state index in [0.717, 1.165) is 5.56 Å². The van der Waals surface area contributed by atoms with Crippen LogP contribution in [-0.2, 0) is 6.61 Å².